The Morgan fingerprint density at radius 2 is 2.14 bits per heavy atom. The molecule has 2 rings (SSSR count). The van der Waals surface area contributed by atoms with E-state index in [4.69, 9.17) is 0 Å². The summed E-state index contributed by atoms with van der Waals surface area (Å²) in [6.45, 7) is 1.98. The van der Waals surface area contributed by atoms with Gasteiger partial charge in [0, 0.05) is 11.6 Å². The third-order valence-corrected chi connectivity index (χ3v) is 1.94. The number of aromatic amines is 1. The van der Waals surface area contributed by atoms with E-state index < -0.39 is 0 Å². The van der Waals surface area contributed by atoms with Crippen LogP contribution in [0.3, 0.4) is 0 Å². The summed E-state index contributed by atoms with van der Waals surface area (Å²) in [6, 6.07) is 12.0. The van der Waals surface area contributed by atoms with E-state index in [1.54, 1.807) is 6.07 Å². The number of nitrogens with zero attached hydrogens (tertiary/aromatic N) is 1. The number of benzene rings is 1. The van der Waals surface area contributed by atoms with E-state index in [2.05, 4.69) is 16.3 Å². The topological polar surface area (TPSA) is 45.8 Å². The predicted octanol–water partition coefficient (Wildman–Crippen LogP) is 1.55. The molecule has 1 radical (unpaired) electrons. The summed E-state index contributed by atoms with van der Waals surface area (Å²) in [6.07, 6.45) is 0. The number of hydrogen-bond acceptors (Lipinski definition) is 2. The highest BCUT2D eigenvalue weighted by Gasteiger charge is 1.97. The molecule has 0 aliphatic carbocycles. The van der Waals surface area contributed by atoms with Crippen molar-refractivity contribution in [2.24, 2.45) is 0 Å². The maximum Gasteiger partial charge on any atom is 0.264 e. The lowest BCUT2D eigenvalue weighted by molar-refractivity contribution is 0.995. The van der Waals surface area contributed by atoms with Crippen LogP contribution < -0.4 is 5.56 Å². The molecule has 1 heterocycles. The van der Waals surface area contributed by atoms with Gasteiger partial charge in [0.1, 0.15) is 0 Å². The van der Waals surface area contributed by atoms with Crippen molar-refractivity contribution in [1.82, 2.24) is 10.2 Å². The van der Waals surface area contributed by atoms with Gasteiger partial charge in [-0.2, -0.15) is 5.10 Å². The van der Waals surface area contributed by atoms with E-state index in [9.17, 15) is 4.79 Å². The zero-order chi connectivity index (χ0) is 9.97. The molecule has 0 amide bonds. The van der Waals surface area contributed by atoms with E-state index in [1.165, 1.54) is 6.07 Å². The molecule has 14 heavy (non-hydrogen) atoms. The molecule has 0 unspecified atom stereocenters. The van der Waals surface area contributed by atoms with E-state index in [0.29, 0.717) is 0 Å². The van der Waals surface area contributed by atoms with Crippen LogP contribution in [-0.2, 0) is 0 Å². The molecule has 69 valence electrons. The number of aryl methyl sites for hydroxylation is 1. The Balaban J connectivity index is 2.44. The third-order valence-electron chi connectivity index (χ3n) is 1.94. The maximum atomic E-state index is 10.8. The second kappa shape index (κ2) is 3.46. The van der Waals surface area contributed by atoms with Crippen LogP contribution in [0, 0.1) is 13.0 Å². The highest BCUT2D eigenvalue weighted by atomic mass is 16.1. The van der Waals surface area contributed by atoms with Crippen LogP contribution in [0.2, 0.25) is 0 Å². The standard InChI is InChI=1S/C11H9N2O/c1-8-2-4-9(5-3-8)10-6-7-11(14)13-12-10/h2,4-7H,1H3,(H,13,14). The van der Waals surface area contributed by atoms with Crippen molar-refractivity contribution in [1.29, 1.82) is 0 Å². The van der Waals surface area contributed by atoms with Gasteiger partial charge in [0.2, 0.25) is 0 Å². The molecule has 0 saturated heterocycles. The van der Waals surface area contributed by atoms with Crippen LogP contribution in [0.1, 0.15) is 5.56 Å². The Morgan fingerprint density at radius 3 is 2.71 bits per heavy atom. The molecule has 0 spiro atoms. The smallest absolute Gasteiger partial charge is 0.264 e. The first kappa shape index (κ1) is 8.69. The summed E-state index contributed by atoms with van der Waals surface area (Å²) in [7, 11) is 0. The van der Waals surface area contributed by atoms with E-state index in [-0.39, 0.29) is 5.56 Å². The van der Waals surface area contributed by atoms with Crippen LogP contribution in [0.15, 0.2) is 35.1 Å². The summed E-state index contributed by atoms with van der Waals surface area (Å²) >= 11 is 0. The SMILES string of the molecule is Cc1[c]cc(-c2ccc(=O)[nH]n2)cc1. The molecular formula is C11H9N2O. The molecule has 0 aliphatic rings. The maximum absolute atomic E-state index is 10.8. The van der Waals surface area contributed by atoms with E-state index in [1.807, 2.05) is 25.1 Å². The number of aromatic nitrogens is 2. The predicted molar refractivity (Wildman–Crippen MR) is 53.9 cm³/mol. The van der Waals surface area contributed by atoms with Gasteiger partial charge < -0.3 is 0 Å². The second-order valence-electron chi connectivity index (χ2n) is 3.07. The van der Waals surface area contributed by atoms with Gasteiger partial charge in [-0.05, 0) is 30.7 Å². The fraction of sp³-hybridized carbons (Fsp3) is 0.0909. The van der Waals surface area contributed by atoms with Gasteiger partial charge in [0.05, 0.1) is 5.69 Å². The van der Waals surface area contributed by atoms with Crippen molar-refractivity contribution < 1.29 is 0 Å². The van der Waals surface area contributed by atoms with Crippen molar-refractivity contribution in [3.05, 3.63) is 52.3 Å². The summed E-state index contributed by atoms with van der Waals surface area (Å²) in [5, 5.41) is 6.31. The molecule has 1 aromatic carbocycles. The largest absolute Gasteiger partial charge is 0.268 e. The highest BCUT2D eigenvalue weighted by molar-refractivity contribution is 5.58. The molecule has 1 N–H and O–H groups in total. The first-order chi connectivity index (χ1) is 6.75. The van der Waals surface area contributed by atoms with Gasteiger partial charge in [-0.15, -0.1) is 0 Å². The van der Waals surface area contributed by atoms with Crippen molar-refractivity contribution in [2.45, 2.75) is 6.92 Å². The molecule has 1 aromatic heterocycles. The molecule has 0 fully saturated rings. The zero-order valence-corrected chi connectivity index (χ0v) is 7.74. The van der Waals surface area contributed by atoms with Gasteiger partial charge in [-0.1, -0.05) is 12.1 Å². The van der Waals surface area contributed by atoms with E-state index in [0.717, 1.165) is 16.8 Å². The lowest BCUT2D eigenvalue weighted by Crippen LogP contribution is -2.05. The van der Waals surface area contributed by atoms with Gasteiger partial charge in [0.25, 0.3) is 5.56 Å². The number of nitrogens with one attached hydrogen (secondary N) is 1. The lowest BCUT2D eigenvalue weighted by atomic mass is 10.1. The summed E-state index contributed by atoms with van der Waals surface area (Å²) in [5.74, 6) is 0. The van der Waals surface area contributed by atoms with Gasteiger partial charge in [-0.25, -0.2) is 5.10 Å². The first-order valence-corrected chi connectivity index (χ1v) is 4.30. The number of H-pyrrole nitrogens is 1. The molecule has 2 aromatic rings. The van der Waals surface area contributed by atoms with Crippen LogP contribution in [0.4, 0.5) is 0 Å². The number of hydrogen-bond donors (Lipinski definition) is 1. The first-order valence-electron chi connectivity index (χ1n) is 4.30. The fourth-order valence-corrected chi connectivity index (χ4v) is 1.17. The van der Waals surface area contributed by atoms with Crippen molar-refractivity contribution in [3.63, 3.8) is 0 Å². The Labute approximate surface area is 81.4 Å². The van der Waals surface area contributed by atoms with Crippen LogP contribution in [0.5, 0.6) is 0 Å². The van der Waals surface area contributed by atoms with Crippen LogP contribution in [-0.4, -0.2) is 10.2 Å². The third kappa shape index (κ3) is 1.71. The molecule has 0 saturated carbocycles. The van der Waals surface area contributed by atoms with Gasteiger partial charge >= 0.3 is 0 Å². The average molecular weight is 185 g/mol. The molecule has 0 atom stereocenters. The quantitative estimate of drug-likeness (QED) is 0.732. The van der Waals surface area contributed by atoms with Crippen LogP contribution in [0.25, 0.3) is 11.3 Å². The summed E-state index contributed by atoms with van der Waals surface area (Å²) in [5.41, 5.74) is 2.59. The van der Waals surface area contributed by atoms with Crippen molar-refractivity contribution in [2.75, 3.05) is 0 Å². The normalized spacial score (nSPS) is 10.1. The Bertz CT molecular complexity index is 465. The van der Waals surface area contributed by atoms with E-state index >= 15 is 0 Å². The highest BCUT2D eigenvalue weighted by Crippen LogP contribution is 2.14. The minimum atomic E-state index is -0.190. The Morgan fingerprint density at radius 1 is 1.29 bits per heavy atom. The summed E-state index contributed by atoms with van der Waals surface area (Å²) in [4.78, 5) is 10.8. The Hall–Kier alpha value is -1.90. The molecular weight excluding hydrogens is 176 g/mol. The monoisotopic (exact) mass is 185 g/mol. The van der Waals surface area contributed by atoms with Crippen molar-refractivity contribution >= 4 is 0 Å². The molecule has 0 aliphatic heterocycles. The summed E-state index contributed by atoms with van der Waals surface area (Å²) < 4.78 is 0. The average Bonchev–Trinajstić information content (AvgIpc) is 2.21. The molecule has 0 bridgehead atoms. The fourth-order valence-electron chi connectivity index (χ4n) is 1.17. The van der Waals surface area contributed by atoms with Gasteiger partial charge in [0.15, 0.2) is 0 Å². The Kier molecular flexibility index (Phi) is 2.14. The molecule has 3 heteroatoms. The van der Waals surface area contributed by atoms with Crippen LogP contribution >= 0.6 is 0 Å². The zero-order valence-electron chi connectivity index (χ0n) is 7.74. The minimum absolute atomic E-state index is 0.190. The lowest BCUT2D eigenvalue weighted by Gasteiger charge is -1.98. The van der Waals surface area contributed by atoms with Gasteiger partial charge in [-0.3, -0.25) is 4.79 Å². The van der Waals surface area contributed by atoms with Crippen molar-refractivity contribution in [3.8, 4) is 11.3 Å². The molecule has 3 nitrogen and oxygen atoms in total. The second-order valence-corrected chi connectivity index (χ2v) is 3.07. The minimum Gasteiger partial charge on any atom is -0.268 e. The number of rotatable bonds is 1.